The van der Waals surface area contributed by atoms with Gasteiger partial charge in [0.15, 0.2) is 0 Å². The van der Waals surface area contributed by atoms with Gasteiger partial charge < -0.3 is 21.1 Å². The Morgan fingerprint density at radius 1 is 1.25 bits per heavy atom. The summed E-state index contributed by atoms with van der Waals surface area (Å²) in [4.78, 5) is 23.1. The predicted molar refractivity (Wildman–Crippen MR) is 77.3 cm³/mol. The van der Waals surface area contributed by atoms with Crippen LogP contribution in [0.1, 0.15) is 32.4 Å². The van der Waals surface area contributed by atoms with Crippen LogP contribution in [0, 0.1) is 0 Å². The second-order valence-electron chi connectivity index (χ2n) is 4.48. The van der Waals surface area contributed by atoms with E-state index in [1.807, 2.05) is 19.1 Å². The Morgan fingerprint density at radius 2 is 1.85 bits per heavy atom. The number of urea groups is 1. The highest BCUT2D eigenvalue weighted by molar-refractivity contribution is 5.92. The van der Waals surface area contributed by atoms with Crippen molar-refractivity contribution in [3.05, 3.63) is 29.8 Å². The lowest BCUT2D eigenvalue weighted by Crippen LogP contribution is -2.41. The maximum atomic E-state index is 11.7. The number of hydrogen-bond acceptors (Lipinski definition) is 4. The molecule has 1 aromatic carbocycles. The minimum atomic E-state index is -0.696. The molecule has 0 bridgehead atoms. The molecule has 1 aromatic rings. The smallest absolute Gasteiger partial charge is 0.328 e. The van der Waals surface area contributed by atoms with Crippen LogP contribution >= 0.6 is 0 Å². The normalized spacial score (nSPS) is 13.2. The summed E-state index contributed by atoms with van der Waals surface area (Å²) in [5.74, 6) is -0.463. The summed E-state index contributed by atoms with van der Waals surface area (Å²) in [6, 6.07) is 5.99. The van der Waals surface area contributed by atoms with E-state index in [-0.39, 0.29) is 12.6 Å². The zero-order chi connectivity index (χ0) is 15.1. The standard InChI is InChI=1S/C14H21N3O3/c1-4-20-13(18)10(3)16-14(19)17-12-7-5-11(6-8-12)9(2)15/h5-10H,4,15H2,1-3H3,(H2,16,17,19). The lowest BCUT2D eigenvalue weighted by molar-refractivity contribution is -0.144. The van der Waals surface area contributed by atoms with Crippen molar-refractivity contribution in [1.29, 1.82) is 0 Å². The minimum absolute atomic E-state index is 0.0540. The lowest BCUT2D eigenvalue weighted by atomic mass is 10.1. The van der Waals surface area contributed by atoms with E-state index in [1.54, 1.807) is 26.0 Å². The first kappa shape index (κ1) is 16.0. The topological polar surface area (TPSA) is 93.4 Å². The maximum Gasteiger partial charge on any atom is 0.328 e. The Morgan fingerprint density at radius 3 is 2.35 bits per heavy atom. The molecular weight excluding hydrogens is 258 g/mol. The molecule has 2 atom stereocenters. The van der Waals surface area contributed by atoms with E-state index in [4.69, 9.17) is 10.5 Å². The van der Waals surface area contributed by atoms with E-state index in [0.717, 1.165) is 5.56 Å². The number of amides is 2. The van der Waals surface area contributed by atoms with Gasteiger partial charge in [-0.2, -0.15) is 0 Å². The molecule has 0 fully saturated rings. The van der Waals surface area contributed by atoms with Crippen LogP contribution in [0.3, 0.4) is 0 Å². The SMILES string of the molecule is CCOC(=O)C(C)NC(=O)Nc1ccc(C(C)N)cc1. The summed E-state index contributed by atoms with van der Waals surface area (Å²) in [5.41, 5.74) is 7.35. The molecule has 2 amide bonds. The van der Waals surface area contributed by atoms with Gasteiger partial charge >= 0.3 is 12.0 Å². The third kappa shape index (κ3) is 4.89. The molecule has 20 heavy (non-hydrogen) atoms. The second-order valence-corrected chi connectivity index (χ2v) is 4.48. The van der Waals surface area contributed by atoms with Gasteiger partial charge in [-0.25, -0.2) is 9.59 Å². The number of anilines is 1. The van der Waals surface area contributed by atoms with Gasteiger partial charge in [0.05, 0.1) is 6.61 Å². The molecule has 0 saturated carbocycles. The summed E-state index contributed by atoms with van der Waals surface area (Å²) in [6.45, 7) is 5.45. The van der Waals surface area contributed by atoms with Gasteiger partial charge in [-0.05, 0) is 38.5 Å². The maximum absolute atomic E-state index is 11.7. The highest BCUT2D eigenvalue weighted by Gasteiger charge is 2.16. The van der Waals surface area contributed by atoms with Crippen LogP contribution in [0.15, 0.2) is 24.3 Å². The Kier molecular flexibility index (Phi) is 5.99. The molecule has 0 aliphatic carbocycles. The first-order chi connectivity index (χ1) is 9.43. The molecule has 2 unspecified atom stereocenters. The first-order valence-electron chi connectivity index (χ1n) is 6.53. The molecule has 6 heteroatoms. The van der Waals surface area contributed by atoms with E-state index in [9.17, 15) is 9.59 Å². The fourth-order valence-electron chi connectivity index (χ4n) is 1.56. The van der Waals surface area contributed by atoms with Crippen molar-refractivity contribution in [3.8, 4) is 0 Å². The van der Waals surface area contributed by atoms with E-state index >= 15 is 0 Å². The predicted octanol–water partition coefficient (Wildman–Crippen LogP) is 1.78. The van der Waals surface area contributed by atoms with Gasteiger partial charge in [-0.1, -0.05) is 12.1 Å². The van der Waals surface area contributed by atoms with Crippen LogP contribution in [0.2, 0.25) is 0 Å². The molecule has 4 N–H and O–H groups in total. The second kappa shape index (κ2) is 7.49. The Hall–Kier alpha value is -2.08. The Balaban J connectivity index is 2.51. The van der Waals surface area contributed by atoms with Crippen molar-refractivity contribution < 1.29 is 14.3 Å². The summed E-state index contributed by atoms with van der Waals surface area (Å²) >= 11 is 0. The molecule has 0 aliphatic heterocycles. The average molecular weight is 279 g/mol. The van der Waals surface area contributed by atoms with Crippen LogP contribution in [0.25, 0.3) is 0 Å². The number of ether oxygens (including phenoxy) is 1. The molecule has 0 aliphatic rings. The molecule has 0 spiro atoms. The number of nitrogens with two attached hydrogens (primary N) is 1. The molecule has 0 aromatic heterocycles. The largest absolute Gasteiger partial charge is 0.464 e. The van der Waals surface area contributed by atoms with Crippen molar-refractivity contribution in [2.75, 3.05) is 11.9 Å². The van der Waals surface area contributed by atoms with Crippen molar-refractivity contribution in [1.82, 2.24) is 5.32 Å². The molecule has 6 nitrogen and oxygen atoms in total. The zero-order valence-electron chi connectivity index (χ0n) is 12.0. The number of nitrogens with one attached hydrogen (secondary N) is 2. The van der Waals surface area contributed by atoms with Crippen LogP contribution < -0.4 is 16.4 Å². The van der Waals surface area contributed by atoms with Crippen LogP contribution in [-0.4, -0.2) is 24.6 Å². The number of esters is 1. The third-order valence-corrected chi connectivity index (χ3v) is 2.68. The van der Waals surface area contributed by atoms with Gasteiger partial charge in [0.2, 0.25) is 0 Å². The summed E-state index contributed by atoms with van der Waals surface area (Å²) in [6.07, 6.45) is 0. The van der Waals surface area contributed by atoms with E-state index in [1.165, 1.54) is 0 Å². The number of carbonyl (C=O) groups excluding carboxylic acids is 2. The fourth-order valence-corrected chi connectivity index (χ4v) is 1.56. The van der Waals surface area contributed by atoms with Gasteiger partial charge in [0, 0.05) is 11.7 Å². The Labute approximate surface area is 118 Å². The van der Waals surface area contributed by atoms with Crippen LogP contribution in [0.5, 0.6) is 0 Å². The van der Waals surface area contributed by atoms with Crippen LogP contribution in [0.4, 0.5) is 10.5 Å². The van der Waals surface area contributed by atoms with Crippen LogP contribution in [-0.2, 0) is 9.53 Å². The molecule has 1 rings (SSSR count). The monoisotopic (exact) mass is 279 g/mol. The molecule has 110 valence electrons. The zero-order valence-corrected chi connectivity index (χ0v) is 12.0. The van der Waals surface area contributed by atoms with E-state index < -0.39 is 18.0 Å². The van der Waals surface area contributed by atoms with Gasteiger partial charge in [0.1, 0.15) is 6.04 Å². The Bertz CT molecular complexity index is 457. The molecular formula is C14H21N3O3. The highest BCUT2D eigenvalue weighted by atomic mass is 16.5. The van der Waals surface area contributed by atoms with Gasteiger partial charge in [0.25, 0.3) is 0 Å². The average Bonchev–Trinajstić information content (AvgIpc) is 2.39. The lowest BCUT2D eigenvalue weighted by Gasteiger charge is -2.14. The minimum Gasteiger partial charge on any atom is -0.464 e. The number of rotatable bonds is 5. The van der Waals surface area contributed by atoms with Crippen molar-refractivity contribution in [2.24, 2.45) is 5.73 Å². The number of carbonyl (C=O) groups is 2. The van der Waals surface area contributed by atoms with Crippen molar-refractivity contribution >= 4 is 17.7 Å². The summed E-state index contributed by atoms with van der Waals surface area (Å²) in [7, 11) is 0. The molecule has 0 saturated heterocycles. The third-order valence-electron chi connectivity index (χ3n) is 2.68. The van der Waals surface area contributed by atoms with Gasteiger partial charge in [-0.3, -0.25) is 0 Å². The van der Waals surface area contributed by atoms with E-state index in [2.05, 4.69) is 10.6 Å². The highest BCUT2D eigenvalue weighted by Crippen LogP contribution is 2.13. The quantitative estimate of drug-likeness (QED) is 0.716. The first-order valence-corrected chi connectivity index (χ1v) is 6.53. The van der Waals surface area contributed by atoms with Gasteiger partial charge in [-0.15, -0.1) is 0 Å². The van der Waals surface area contributed by atoms with Crippen molar-refractivity contribution in [3.63, 3.8) is 0 Å². The number of benzene rings is 1. The fraction of sp³-hybridized carbons (Fsp3) is 0.429. The van der Waals surface area contributed by atoms with Crippen molar-refractivity contribution in [2.45, 2.75) is 32.9 Å². The number of hydrogen-bond donors (Lipinski definition) is 3. The molecule has 0 radical (unpaired) electrons. The summed E-state index contributed by atoms with van der Waals surface area (Å²) < 4.78 is 4.80. The van der Waals surface area contributed by atoms with E-state index in [0.29, 0.717) is 5.69 Å². The molecule has 0 heterocycles. The summed E-state index contributed by atoms with van der Waals surface area (Å²) in [5, 5.41) is 5.14.